The molecule has 2 aromatic rings. The van der Waals surface area contributed by atoms with Gasteiger partial charge in [-0.15, -0.1) is 11.8 Å². The van der Waals surface area contributed by atoms with Crippen molar-refractivity contribution in [2.24, 2.45) is 0 Å². The van der Waals surface area contributed by atoms with Crippen LogP contribution in [0.3, 0.4) is 0 Å². The van der Waals surface area contributed by atoms with Gasteiger partial charge in [0.15, 0.2) is 0 Å². The SMILES string of the molecule is CCOP(=O)(C[C@@H]1O[C@@H](CO[Si](c2ccccc2)(c2ccccc2)C(C)(C)C)CS1)OCC. The summed E-state index contributed by atoms with van der Waals surface area (Å²) in [6.45, 7) is 11.7. The molecule has 0 saturated carbocycles. The lowest BCUT2D eigenvalue weighted by Crippen LogP contribution is -2.67. The van der Waals surface area contributed by atoms with Gasteiger partial charge in [-0.25, -0.2) is 0 Å². The second-order valence-corrected chi connectivity index (χ2v) is 16.7. The molecule has 0 unspecified atom stereocenters. The van der Waals surface area contributed by atoms with Gasteiger partial charge in [-0.3, -0.25) is 4.57 Å². The lowest BCUT2D eigenvalue weighted by Gasteiger charge is -2.43. The van der Waals surface area contributed by atoms with Crippen LogP contribution in [0.15, 0.2) is 60.7 Å². The van der Waals surface area contributed by atoms with E-state index in [0.29, 0.717) is 19.8 Å². The summed E-state index contributed by atoms with van der Waals surface area (Å²) in [5.74, 6) is 0.793. The van der Waals surface area contributed by atoms with Crippen molar-refractivity contribution >= 4 is 38.0 Å². The van der Waals surface area contributed by atoms with Gasteiger partial charge in [0.1, 0.15) is 5.44 Å². The highest BCUT2D eigenvalue weighted by Gasteiger charge is 2.50. The van der Waals surface area contributed by atoms with Crippen LogP contribution >= 0.6 is 19.4 Å². The Labute approximate surface area is 204 Å². The number of ether oxygens (including phenoxy) is 1. The number of rotatable bonds is 11. The lowest BCUT2D eigenvalue weighted by atomic mass is 10.2. The molecule has 2 aromatic carbocycles. The molecule has 33 heavy (non-hydrogen) atoms. The highest BCUT2D eigenvalue weighted by atomic mass is 32.2. The number of hydrogen-bond donors (Lipinski definition) is 0. The van der Waals surface area contributed by atoms with E-state index in [0.717, 1.165) is 5.75 Å². The zero-order valence-corrected chi connectivity index (χ0v) is 23.1. The summed E-state index contributed by atoms with van der Waals surface area (Å²) in [6.07, 6.45) is 0.188. The molecule has 0 bridgehead atoms. The third kappa shape index (κ3) is 6.40. The van der Waals surface area contributed by atoms with E-state index < -0.39 is 15.9 Å². The van der Waals surface area contributed by atoms with E-state index >= 15 is 0 Å². The first kappa shape index (κ1) is 26.7. The standard InChI is InChI=1S/C25H37O5PSSi/c1-6-27-31(26,28-7-2)19-24-30-21(20-32-24)18-29-33(25(3,4)5,22-14-10-8-11-15-22)23-16-12-9-13-17-23/h8-17,21,24H,6-7,18-20H2,1-5H3/t21-,24+/m0/s1. The van der Waals surface area contributed by atoms with Crippen LogP contribution in [0.25, 0.3) is 0 Å². The Balaban J connectivity index is 1.80. The fraction of sp³-hybridized carbons (Fsp3) is 0.520. The Morgan fingerprint density at radius 3 is 1.94 bits per heavy atom. The summed E-state index contributed by atoms with van der Waals surface area (Å²) in [4.78, 5) is 0. The summed E-state index contributed by atoms with van der Waals surface area (Å²) in [7, 11) is -5.75. The maximum Gasteiger partial charge on any atom is 0.334 e. The highest BCUT2D eigenvalue weighted by Crippen LogP contribution is 2.51. The molecule has 0 N–H and O–H groups in total. The van der Waals surface area contributed by atoms with Crippen molar-refractivity contribution in [3.05, 3.63) is 60.7 Å². The van der Waals surface area contributed by atoms with Gasteiger partial charge in [0.2, 0.25) is 0 Å². The fourth-order valence-corrected chi connectivity index (χ4v) is 12.3. The molecule has 1 aliphatic rings. The molecule has 1 heterocycles. The van der Waals surface area contributed by atoms with Gasteiger partial charge in [-0.2, -0.15) is 0 Å². The van der Waals surface area contributed by atoms with Gasteiger partial charge in [0.25, 0.3) is 8.32 Å². The minimum atomic E-state index is -3.15. The molecule has 0 aromatic heterocycles. The molecular formula is C25H37O5PSSi. The monoisotopic (exact) mass is 508 g/mol. The third-order valence-electron chi connectivity index (χ3n) is 5.74. The van der Waals surface area contributed by atoms with Crippen molar-refractivity contribution in [3.63, 3.8) is 0 Å². The number of thioether (sulfide) groups is 1. The molecule has 0 aliphatic carbocycles. The van der Waals surface area contributed by atoms with Crippen LogP contribution in [0, 0.1) is 0 Å². The second-order valence-electron chi connectivity index (χ2n) is 9.12. The Hall–Kier alpha value is -0.923. The lowest BCUT2D eigenvalue weighted by molar-refractivity contribution is 0.0370. The van der Waals surface area contributed by atoms with Crippen LogP contribution in [-0.4, -0.2) is 51.6 Å². The topological polar surface area (TPSA) is 54.0 Å². The normalized spacial score (nSPS) is 19.7. The van der Waals surface area contributed by atoms with Crippen molar-refractivity contribution in [2.75, 3.05) is 31.7 Å². The smallest absolute Gasteiger partial charge is 0.334 e. The quantitative estimate of drug-likeness (QED) is 0.304. The molecule has 1 aliphatic heterocycles. The minimum Gasteiger partial charge on any atom is -0.405 e. The molecule has 0 radical (unpaired) electrons. The molecule has 3 rings (SSSR count). The van der Waals surface area contributed by atoms with Crippen LogP contribution in [0.4, 0.5) is 0 Å². The summed E-state index contributed by atoms with van der Waals surface area (Å²) in [5, 5.41) is 2.42. The largest absolute Gasteiger partial charge is 0.405 e. The zero-order chi connectivity index (χ0) is 24.0. The van der Waals surface area contributed by atoms with E-state index in [4.69, 9.17) is 18.2 Å². The van der Waals surface area contributed by atoms with Crippen molar-refractivity contribution in [3.8, 4) is 0 Å². The van der Waals surface area contributed by atoms with Crippen molar-refractivity contribution in [1.82, 2.24) is 0 Å². The Morgan fingerprint density at radius 1 is 0.970 bits per heavy atom. The van der Waals surface area contributed by atoms with Crippen molar-refractivity contribution in [2.45, 2.75) is 51.2 Å². The third-order valence-corrected chi connectivity index (χ3v) is 14.3. The first-order valence-corrected chi connectivity index (χ1v) is 16.3. The summed E-state index contributed by atoms with van der Waals surface area (Å²) in [6, 6.07) is 21.2. The van der Waals surface area contributed by atoms with Crippen LogP contribution in [0.2, 0.25) is 5.04 Å². The molecule has 0 spiro atoms. The summed E-state index contributed by atoms with van der Waals surface area (Å²) < 4.78 is 37.1. The average Bonchev–Trinajstić information content (AvgIpc) is 3.22. The first-order chi connectivity index (χ1) is 15.7. The van der Waals surface area contributed by atoms with E-state index in [9.17, 15) is 4.57 Å². The van der Waals surface area contributed by atoms with Gasteiger partial charge in [-0.05, 0) is 29.3 Å². The molecule has 0 amide bonds. The van der Waals surface area contributed by atoms with Gasteiger partial charge in [0.05, 0.1) is 32.1 Å². The van der Waals surface area contributed by atoms with Gasteiger partial charge >= 0.3 is 7.60 Å². The predicted molar refractivity (Wildman–Crippen MR) is 140 cm³/mol. The van der Waals surface area contributed by atoms with Crippen LogP contribution in [0.5, 0.6) is 0 Å². The van der Waals surface area contributed by atoms with Gasteiger partial charge < -0.3 is 18.2 Å². The Bertz CT molecular complexity index is 857. The maximum absolute atomic E-state index is 12.9. The molecule has 1 fully saturated rings. The van der Waals surface area contributed by atoms with Gasteiger partial charge in [-0.1, -0.05) is 81.4 Å². The fourth-order valence-electron chi connectivity index (χ4n) is 4.39. The van der Waals surface area contributed by atoms with E-state index in [2.05, 4.69) is 69.3 Å². The first-order valence-electron chi connectivity index (χ1n) is 11.6. The Kier molecular flexibility index (Phi) is 9.44. The summed E-state index contributed by atoms with van der Waals surface area (Å²) >= 11 is 1.66. The molecule has 2 atom stereocenters. The molecule has 8 heteroatoms. The molecule has 1 saturated heterocycles. The van der Waals surface area contributed by atoms with Gasteiger partial charge in [0, 0.05) is 5.75 Å². The Morgan fingerprint density at radius 2 is 1.48 bits per heavy atom. The highest BCUT2D eigenvalue weighted by molar-refractivity contribution is 8.00. The van der Waals surface area contributed by atoms with E-state index in [1.807, 2.05) is 26.0 Å². The van der Waals surface area contributed by atoms with Crippen LogP contribution in [-0.2, 0) is 22.8 Å². The van der Waals surface area contributed by atoms with E-state index in [-0.39, 0.29) is 22.7 Å². The number of benzene rings is 2. The second kappa shape index (κ2) is 11.7. The minimum absolute atomic E-state index is 0.0710. The molecule has 182 valence electrons. The van der Waals surface area contributed by atoms with Crippen molar-refractivity contribution in [1.29, 1.82) is 0 Å². The molecule has 5 nitrogen and oxygen atoms in total. The zero-order valence-electron chi connectivity index (χ0n) is 20.4. The van der Waals surface area contributed by atoms with Crippen molar-refractivity contribution < 1.29 is 22.8 Å². The molecular weight excluding hydrogens is 471 g/mol. The van der Waals surface area contributed by atoms with E-state index in [1.54, 1.807) is 11.8 Å². The van der Waals surface area contributed by atoms with Crippen LogP contribution < -0.4 is 10.4 Å². The summed E-state index contributed by atoms with van der Waals surface area (Å²) in [5.41, 5.74) is -0.221. The van der Waals surface area contributed by atoms with E-state index in [1.165, 1.54) is 10.4 Å². The average molecular weight is 509 g/mol. The van der Waals surface area contributed by atoms with Crippen LogP contribution in [0.1, 0.15) is 34.6 Å². The number of hydrogen-bond acceptors (Lipinski definition) is 6. The predicted octanol–water partition coefficient (Wildman–Crippen LogP) is 5.29. The maximum atomic E-state index is 12.9.